The van der Waals surface area contributed by atoms with E-state index in [-0.39, 0.29) is 0 Å². The second-order valence-electron chi connectivity index (χ2n) is 6.31. The van der Waals surface area contributed by atoms with Crippen molar-refractivity contribution in [2.45, 2.75) is 65.2 Å². The summed E-state index contributed by atoms with van der Waals surface area (Å²) in [6.45, 7) is 9.86. The molecule has 0 aromatic heterocycles. The third-order valence-corrected chi connectivity index (χ3v) is 1.77. The van der Waals surface area contributed by atoms with Gasteiger partial charge in [0.15, 0.2) is 0 Å². The zero-order valence-corrected chi connectivity index (χ0v) is 12.7. The minimum atomic E-state index is -1.58. The van der Waals surface area contributed by atoms with Crippen LogP contribution in [-0.2, 0) is 19.1 Å². The van der Waals surface area contributed by atoms with Crippen molar-refractivity contribution < 1.29 is 29.0 Å². The van der Waals surface area contributed by atoms with Crippen LogP contribution in [0.25, 0.3) is 0 Å². The molecule has 0 bridgehead atoms. The van der Waals surface area contributed by atoms with Gasteiger partial charge in [-0.3, -0.25) is 4.79 Å². The minimum Gasteiger partial charge on any atom is -0.548 e. The first kappa shape index (κ1) is 18.2. The lowest BCUT2D eigenvalue weighted by atomic mass is 10.1. The van der Waals surface area contributed by atoms with Crippen molar-refractivity contribution in [3.8, 4) is 0 Å². The first-order valence-corrected chi connectivity index (χ1v) is 6.22. The highest BCUT2D eigenvalue weighted by atomic mass is 16.6. The summed E-state index contributed by atoms with van der Waals surface area (Å²) in [6.07, 6.45) is -1.46. The Hall–Kier alpha value is -1.79. The molecule has 20 heavy (non-hydrogen) atoms. The molecule has 1 amide bonds. The van der Waals surface area contributed by atoms with Crippen molar-refractivity contribution >= 4 is 18.0 Å². The Morgan fingerprint density at radius 2 is 1.45 bits per heavy atom. The van der Waals surface area contributed by atoms with Crippen molar-refractivity contribution in [2.24, 2.45) is 0 Å². The largest absolute Gasteiger partial charge is 0.548 e. The highest BCUT2D eigenvalue weighted by molar-refractivity contribution is 5.84. The van der Waals surface area contributed by atoms with E-state index < -0.39 is 41.7 Å². The number of amides is 1. The highest BCUT2D eigenvalue weighted by Crippen LogP contribution is 2.10. The fourth-order valence-corrected chi connectivity index (χ4v) is 1.19. The molecular weight excluding hydrogens is 266 g/mol. The molecule has 0 saturated carbocycles. The Balaban J connectivity index is 4.56. The summed E-state index contributed by atoms with van der Waals surface area (Å²) < 4.78 is 9.89. The van der Waals surface area contributed by atoms with Gasteiger partial charge in [-0.05, 0) is 41.5 Å². The van der Waals surface area contributed by atoms with Gasteiger partial charge in [0.05, 0.1) is 18.4 Å². The average Bonchev–Trinajstić information content (AvgIpc) is 2.09. The van der Waals surface area contributed by atoms with Crippen LogP contribution in [0.2, 0.25) is 0 Å². The second kappa shape index (κ2) is 6.58. The number of nitrogens with one attached hydrogen (secondary N) is 1. The molecule has 0 fully saturated rings. The number of hydrogen-bond donors (Lipinski definition) is 1. The van der Waals surface area contributed by atoms with Gasteiger partial charge >= 0.3 is 12.1 Å². The lowest BCUT2D eigenvalue weighted by Crippen LogP contribution is -2.50. The summed E-state index contributed by atoms with van der Waals surface area (Å²) in [5.74, 6) is -2.33. The molecule has 0 unspecified atom stereocenters. The number of hydrogen-bond acceptors (Lipinski definition) is 6. The van der Waals surface area contributed by atoms with E-state index in [1.807, 2.05) is 0 Å². The molecule has 0 spiro atoms. The summed E-state index contributed by atoms with van der Waals surface area (Å²) in [4.78, 5) is 33.9. The molecular formula is C13H22NO6-. The van der Waals surface area contributed by atoms with Gasteiger partial charge in [-0.2, -0.15) is 0 Å². The van der Waals surface area contributed by atoms with Gasteiger partial charge in [-0.25, -0.2) is 4.79 Å². The Labute approximate surface area is 118 Å². The SMILES string of the molecule is CC(C)(C)OC(=O)C[C@@H](NC(=O)OC(C)(C)C)C(=O)[O-]. The van der Waals surface area contributed by atoms with Crippen molar-refractivity contribution in [1.82, 2.24) is 5.32 Å². The molecule has 0 aromatic rings. The molecule has 7 heteroatoms. The Morgan fingerprint density at radius 3 is 1.80 bits per heavy atom. The molecule has 0 radical (unpaired) electrons. The van der Waals surface area contributed by atoms with E-state index in [0.29, 0.717) is 0 Å². The summed E-state index contributed by atoms with van der Waals surface area (Å²) in [7, 11) is 0. The predicted octanol–water partition coefficient (Wildman–Crippen LogP) is 0.361. The fourth-order valence-electron chi connectivity index (χ4n) is 1.19. The molecule has 7 nitrogen and oxygen atoms in total. The van der Waals surface area contributed by atoms with Crippen LogP contribution in [0.3, 0.4) is 0 Å². The molecule has 0 aliphatic heterocycles. The van der Waals surface area contributed by atoms with Gasteiger partial charge in [0.25, 0.3) is 0 Å². The van der Waals surface area contributed by atoms with Crippen LogP contribution in [0.4, 0.5) is 4.79 Å². The van der Waals surface area contributed by atoms with Crippen molar-refractivity contribution in [2.75, 3.05) is 0 Å². The molecule has 0 aromatic carbocycles. The number of rotatable bonds is 4. The zero-order valence-electron chi connectivity index (χ0n) is 12.7. The minimum absolute atomic E-state index is 0.529. The van der Waals surface area contributed by atoms with Crippen molar-refractivity contribution in [3.05, 3.63) is 0 Å². The van der Waals surface area contributed by atoms with Crippen LogP contribution in [0.1, 0.15) is 48.0 Å². The molecule has 0 rings (SSSR count). The lowest BCUT2D eigenvalue weighted by Gasteiger charge is -2.25. The van der Waals surface area contributed by atoms with Crippen molar-refractivity contribution in [1.29, 1.82) is 0 Å². The summed E-state index contributed by atoms with van der Waals surface area (Å²) in [5.41, 5.74) is -1.51. The first-order valence-electron chi connectivity index (χ1n) is 6.22. The van der Waals surface area contributed by atoms with E-state index in [9.17, 15) is 19.5 Å². The smallest absolute Gasteiger partial charge is 0.408 e. The maximum Gasteiger partial charge on any atom is 0.408 e. The van der Waals surface area contributed by atoms with E-state index in [0.717, 1.165) is 0 Å². The number of esters is 1. The van der Waals surface area contributed by atoms with Gasteiger partial charge in [0, 0.05) is 0 Å². The second-order valence-corrected chi connectivity index (χ2v) is 6.31. The Morgan fingerprint density at radius 1 is 1.00 bits per heavy atom. The van der Waals surface area contributed by atoms with Crippen LogP contribution in [0.5, 0.6) is 0 Å². The molecule has 0 saturated heterocycles. The molecule has 0 aliphatic carbocycles. The van der Waals surface area contributed by atoms with Gasteiger partial charge in [-0.1, -0.05) is 0 Å². The number of carboxylic acids is 1. The Bertz CT molecular complexity index is 347. The number of ether oxygens (including phenoxy) is 2. The van der Waals surface area contributed by atoms with E-state index in [1.165, 1.54) is 0 Å². The number of aliphatic carboxylic acids is 1. The summed E-state index contributed by atoms with van der Waals surface area (Å²) in [6, 6.07) is -1.50. The first-order chi connectivity index (χ1) is 8.80. The van der Waals surface area contributed by atoms with Crippen LogP contribution >= 0.6 is 0 Å². The predicted molar refractivity (Wildman–Crippen MR) is 68.6 cm³/mol. The van der Waals surface area contributed by atoms with E-state index in [2.05, 4.69) is 5.32 Å². The normalized spacial score (nSPS) is 13.3. The maximum atomic E-state index is 11.5. The molecule has 1 atom stereocenters. The lowest BCUT2D eigenvalue weighted by molar-refractivity contribution is -0.308. The van der Waals surface area contributed by atoms with E-state index in [4.69, 9.17) is 9.47 Å². The summed E-state index contributed by atoms with van der Waals surface area (Å²) in [5, 5.41) is 13.0. The Kier molecular flexibility index (Phi) is 5.99. The molecule has 0 heterocycles. The number of carboxylic acid groups (broad SMARTS) is 1. The fraction of sp³-hybridized carbons (Fsp3) is 0.769. The molecule has 1 N–H and O–H groups in total. The van der Waals surface area contributed by atoms with Crippen LogP contribution < -0.4 is 10.4 Å². The highest BCUT2D eigenvalue weighted by Gasteiger charge is 2.24. The number of carbonyl (C=O) groups is 3. The number of alkyl carbamates (subject to hydrolysis) is 1. The van der Waals surface area contributed by atoms with E-state index >= 15 is 0 Å². The van der Waals surface area contributed by atoms with Gasteiger partial charge < -0.3 is 24.7 Å². The van der Waals surface area contributed by atoms with Crippen LogP contribution in [0.15, 0.2) is 0 Å². The topological polar surface area (TPSA) is 105 Å². The van der Waals surface area contributed by atoms with Gasteiger partial charge in [0.1, 0.15) is 11.2 Å². The monoisotopic (exact) mass is 288 g/mol. The molecule has 116 valence electrons. The van der Waals surface area contributed by atoms with Gasteiger partial charge in [0.2, 0.25) is 0 Å². The van der Waals surface area contributed by atoms with Crippen LogP contribution in [0, 0.1) is 0 Å². The third kappa shape index (κ3) is 9.18. The van der Waals surface area contributed by atoms with Gasteiger partial charge in [-0.15, -0.1) is 0 Å². The summed E-state index contributed by atoms with van der Waals surface area (Å²) >= 11 is 0. The quantitative estimate of drug-likeness (QED) is 0.749. The van der Waals surface area contributed by atoms with E-state index in [1.54, 1.807) is 41.5 Å². The van der Waals surface area contributed by atoms with Crippen LogP contribution in [-0.4, -0.2) is 35.3 Å². The number of carbonyl (C=O) groups excluding carboxylic acids is 3. The molecule has 0 aliphatic rings. The maximum absolute atomic E-state index is 11.5. The standard InChI is InChI=1S/C13H23NO6/c1-12(2,3)19-9(15)7-8(10(16)17)14-11(18)20-13(4,5)6/h8H,7H2,1-6H3,(H,14,18)(H,16,17)/p-1/t8-/m1/s1. The third-order valence-electron chi connectivity index (χ3n) is 1.77. The zero-order chi connectivity index (χ0) is 16.1. The van der Waals surface area contributed by atoms with Crippen molar-refractivity contribution in [3.63, 3.8) is 0 Å². The average molecular weight is 288 g/mol.